The zero-order chi connectivity index (χ0) is 23.1. The van der Waals surface area contributed by atoms with E-state index in [1.165, 1.54) is 14.2 Å². The molecular formula is C30H18O4. The van der Waals surface area contributed by atoms with Crippen LogP contribution in [0.1, 0.15) is 20.7 Å². The highest BCUT2D eigenvalue weighted by Gasteiger charge is 2.31. The zero-order valence-corrected chi connectivity index (χ0v) is 18.6. The minimum atomic E-state index is -0.418. The van der Waals surface area contributed by atoms with Gasteiger partial charge in [0, 0.05) is 21.5 Å². The summed E-state index contributed by atoms with van der Waals surface area (Å²) in [6.07, 6.45) is 0. The van der Waals surface area contributed by atoms with E-state index in [9.17, 15) is 9.59 Å². The standard InChI is InChI=1S/C30H18O4/c1-33-29(31)27-23-17-11-3-7-15-9-5-13-19(21(15)17)25(23)28(30(32)34-2)26-20-14-6-10-16-8-4-12-18(22(16)20)24(26)27/h3-14H,1-2H3. The van der Waals surface area contributed by atoms with Crippen LogP contribution in [0.15, 0.2) is 72.8 Å². The third kappa shape index (κ3) is 2.13. The van der Waals surface area contributed by atoms with E-state index in [-0.39, 0.29) is 0 Å². The summed E-state index contributed by atoms with van der Waals surface area (Å²) in [7, 11) is 2.81. The van der Waals surface area contributed by atoms with Gasteiger partial charge in [-0.25, -0.2) is 9.59 Å². The van der Waals surface area contributed by atoms with Crippen LogP contribution in [-0.2, 0) is 9.47 Å². The minimum Gasteiger partial charge on any atom is -0.465 e. The molecule has 4 heteroatoms. The fourth-order valence-electron chi connectivity index (χ4n) is 5.96. The van der Waals surface area contributed by atoms with Gasteiger partial charge in [-0.05, 0) is 43.1 Å². The molecule has 34 heavy (non-hydrogen) atoms. The van der Waals surface area contributed by atoms with Gasteiger partial charge < -0.3 is 9.47 Å². The van der Waals surface area contributed by atoms with Crippen molar-refractivity contribution in [1.29, 1.82) is 0 Å². The first-order chi connectivity index (χ1) is 16.7. The van der Waals surface area contributed by atoms with Gasteiger partial charge in [0.2, 0.25) is 0 Å². The third-order valence-electron chi connectivity index (χ3n) is 7.17. The second-order valence-electron chi connectivity index (χ2n) is 8.65. The van der Waals surface area contributed by atoms with Crippen molar-refractivity contribution in [3.63, 3.8) is 0 Å². The molecule has 0 saturated heterocycles. The van der Waals surface area contributed by atoms with E-state index in [4.69, 9.17) is 9.47 Å². The summed E-state index contributed by atoms with van der Waals surface area (Å²) in [6, 6.07) is 24.2. The van der Waals surface area contributed by atoms with Crippen molar-refractivity contribution in [1.82, 2.24) is 0 Å². The summed E-state index contributed by atoms with van der Waals surface area (Å²) in [5, 5.41) is 10.9. The highest BCUT2D eigenvalue weighted by molar-refractivity contribution is 6.46. The van der Waals surface area contributed by atoms with Crippen molar-refractivity contribution in [3.05, 3.63) is 83.9 Å². The molecule has 0 aliphatic carbocycles. The number of benzene rings is 5. The number of hydrogen-bond acceptors (Lipinski definition) is 4. The van der Waals surface area contributed by atoms with Crippen LogP contribution in [0.3, 0.4) is 0 Å². The molecule has 0 fully saturated rings. The molecule has 0 amide bonds. The molecule has 0 bridgehead atoms. The van der Waals surface area contributed by atoms with Crippen LogP contribution in [0.4, 0.5) is 0 Å². The first-order valence-electron chi connectivity index (χ1n) is 11.1. The summed E-state index contributed by atoms with van der Waals surface area (Å²) in [5.41, 5.74) is 0.986. The fraction of sp³-hybridized carbons (Fsp3) is 0.0667. The Labute approximate surface area is 193 Å². The molecule has 0 radical (unpaired) electrons. The Bertz CT molecular complexity index is 1710. The van der Waals surface area contributed by atoms with Gasteiger partial charge in [0.05, 0.1) is 25.3 Å². The van der Waals surface area contributed by atoms with E-state index in [1.54, 1.807) is 0 Å². The number of carbonyl (C=O) groups excluding carboxylic acids is 2. The Balaban J connectivity index is 1.95. The van der Waals surface area contributed by atoms with Crippen molar-refractivity contribution in [2.24, 2.45) is 0 Å². The molecular weight excluding hydrogens is 424 g/mol. The van der Waals surface area contributed by atoms with Gasteiger partial charge in [-0.1, -0.05) is 72.8 Å². The maximum absolute atomic E-state index is 13.5. The molecule has 7 rings (SSSR count). The molecule has 0 N–H and O–H groups in total. The number of esters is 2. The largest absolute Gasteiger partial charge is 0.465 e. The topological polar surface area (TPSA) is 52.6 Å². The number of carbonyl (C=O) groups is 2. The van der Waals surface area contributed by atoms with Gasteiger partial charge in [-0.3, -0.25) is 0 Å². The van der Waals surface area contributed by atoms with Gasteiger partial charge in [0.25, 0.3) is 0 Å². The number of ether oxygens (including phenoxy) is 2. The Kier molecular flexibility index (Phi) is 3.67. The molecule has 0 aliphatic heterocycles. The summed E-state index contributed by atoms with van der Waals surface area (Å²) in [6.45, 7) is 0. The van der Waals surface area contributed by atoms with Crippen molar-refractivity contribution in [2.45, 2.75) is 0 Å². The number of hydrogen-bond donors (Lipinski definition) is 0. The van der Waals surface area contributed by atoms with E-state index in [0.717, 1.165) is 64.6 Å². The highest BCUT2D eigenvalue weighted by Crippen LogP contribution is 2.50. The first kappa shape index (κ1) is 19.1. The van der Waals surface area contributed by atoms with Crippen LogP contribution < -0.4 is 0 Å². The summed E-state index contributed by atoms with van der Waals surface area (Å²) < 4.78 is 10.7. The predicted molar refractivity (Wildman–Crippen MR) is 137 cm³/mol. The van der Waals surface area contributed by atoms with E-state index >= 15 is 0 Å². The van der Waals surface area contributed by atoms with Crippen LogP contribution in [-0.4, -0.2) is 26.2 Å². The fourth-order valence-corrected chi connectivity index (χ4v) is 5.96. The van der Waals surface area contributed by atoms with Gasteiger partial charge >= 0.3 is 11.9 Å². The molecule has 7 aromatic rings. The highest BCUT2D eigenvalue weighted by atomic mass is 16.5. The Morgan fingerprint density at radius 2 is 0.765 bits per heavy atom. The summed E-state index contributed by atoms with van der Waals surface area (Å²) in [5.74, 6) is -0.836. The number of rotatable bonds is 2. The second-order valence-corrected chi connectivity index (χ2v) is 8.65. The molecule has 7 aromatic carbocycles. The Morgan fingerprint density at radius 3 is 1.03 bits per heavy atom. The average molecular weight is 442 g/mol. The quantitative estimate of drug-likeness (QED) is 0.269. The lowest BCUT2D eigenvalue weighted by Crippen LogP contribution is -2.07. The molecule has 0 atom stereocenters. The van der Waals surface area contributed by atoms with Gasteiger partial charge in [0.1, 0.15) is 0 Å². The monoisotopic (exact) mass is 442 g/mol. The van der Waals surface area contributed by atoms with Crippen molar-refractivity contribution >= 4 is 76.6 Å². The minimum absolute atomic E-state index is 0.418. The van der Waals surface area contributed by atoms with E-state index in [1.807, 2.05) is 72.8 Å². The van der Waals surface area contributed by atoms with Crippen LogP contribution in [0.5, 0.6) is 0 Å². The molecule has 0 aromatic heterocycles. The van der Waals surface area contributed by atoms with Gasteiger partial charge in [-0.15, -0.1) is 0 Å². The molecule has 0 saturated carbocycles. The predicted octanol–water partition coefficient (Wildman–Crippen LogP) is 7.05. The smallest absolute Gasteiger partial charge is 0.339 e. The lowest BCUT2D eigenvalue weighted by Gasteiger charge is -2.12. The Hall–Kier alpha value is -4.44. The van der Waals surface area contributed by atoms with Crippen LogP contribution in [0.25, 0.3) is 64.6 Å². The maximum atomic E-state index is 13.5. The SMILES string of the molecule is COC(=O)c1c2c3cccc4cccc(c2c(C(=O)OC)c2c5cccc6cccc(c12)c65)c43. The molecule has 0 unspecified atom stereocenters. The number of fused-ring (bicyclic) bond motifs is 6. The van der Waals surface area contributed by atoms with Crippen LogP contribution in [0.2, 0.25) is 0 Å². The van der Waals surface area contributed by atoms with Crippen LogP contribution in [0, 0.1) is 0 Å². The van der Waals surface area contributed by atoms with Crippen LogP contribution >= 0.6 is 0 Å². The van der Waals surface area contributed by atoms with E-state index < -0.39 is 11.9 Å². The van der Waals surface area contributed by atoms with E-state index in [2.05, 4.69) is 0 Å². The first-order valence-corrected chi connectivity index (χ1v) is 11.1. The summed E-state index contributed by atoms with van der Waals surface area (Å²) in [4.78, 5) is 27.0. The third-order valence-corrected chi connectivity index (χ3v) is 7.17. The number of methoxy groups -OCH3 is 2. The molecule has 162 valence electrons. The molecule has 0 aliphatic rings. The molecule has 0 spiro atoms. The van der Waals surface area contributed by atoms with E-state index in [0.29, 0.717) is 11.1 Å². The lowest BCUT2D eigenvalue weighted by atomic mass is 9.93. The zero-order valence-electron chi connectivity index (χ0n) is 18.6. The average Bonchev–Trinajstić information content (AvgIpc) is 3.39. The van der Waals surface area contributed by atoms with Crippen molar-refractivity contribution in [3.8, 4) is 0 Å². The van der Waals surface area contributed by atoms with Crippen molar-refractivity contribution in [2.75, 3.05) is 14.2 Å². The molecule has 0 heterocycles. The normalized spacial score (nSPS) is 12.1. The van der Waals surface area contributed by atoms with Gasteiger partial charge in [-0.2, -0.15) is 0 Å². The molecule has 4 nitrogen and oxygen atoms in total. The van der Waals surface area contributed by atoms with Crippen molar-refractivity contribution < 1.29 is 19.1 Å². The van der Waals surface area contributed by atoms with Gasteiger partial charge in [0.15, 0.2) is 0 Å². The lowest BCUT2D eigenvalue weighted by molar-refractivity contribution is 0.0593. The Morgan fingerprint density at radius 1 is 0.471 bits per heavy atom. The maximum Gasteiger partial charge on any atom is 0.339 e. The second kappa shape index (κ2) is 6.55. The summed E-state index contributed by atoms with van der Waals surface area (Å²) >= 11 is 0.